The Kier molecular flexibility index (Phi) is 8.20. The largest absolute Gasteiger partial charge is 0.433 e. The summed E-state index contributed by atoms with van der Waals surface area (Å²) in [5, 5.41) is 14.5. The highest BCUT2D eigenvalue weighted by molar-refractivity contribution is 6.05. The van der Waals surface area contributed by atoms with Gasteiger partial charge in [-0.25, -0.2) is 9.37 Å². The van der Waals surface area contributed by atoms with Gasteiger partial charge in [-0.15, -0.1) is 0 Å². The number of benzene rings is 1. The highest BCUT2D eigenvalue weighted by Crippen LogP contribution is 2.55. The zero-order chi connectivity index (χ0) is 35.7. The molecular formula is C35H36F4N8O3. The molecule has 5 aliphatic rings. The number of hydrogen-bond acceptors (Lipinski definition) is 7. The second-order valence-corrected chi connectivity index (χ2v) is 14.0. The Morgan fingerprint density at radius 2 is 1.92 bits per heavy atom. The molecular weight excluding hydrogens is 656 g/mol. The van der Waals surface area contributed by atoms with Crippen LogP contribution in [-0.2, 0) is 32.6 Å². The number of anilines is 1. The SMILES string of the molecule is Cc1nn(CC(N)=O)c(C2CC2)c1-c1cc(F)c(C#N)c(N2CCC(C(=O)N=C(N)c3ccc(C(F)(F)F)nc3C34CC(CO3)C4)CC2C)c1. The summed E-state index contributed by atoms with van der Waals surface area (Å²) >= 11 is 0. The normalized spacial score (nSPS) is 24.9. The molecule has 3 saturated heterocycles. The first-order valence-electron chi connectivity index (χ1n) is 16.7. The molecule has 2 atom stereocenters. The van der Waals surface area contributed by atoms with Crippen molar-refractivity contribution >= 4 is 23.3 Å². The number of carbonyl (C=O) groups excluding carboxylic acids is 2. The van der Waals surface area contributed by atoms with E-state index in [4.69, 9.17) is 16.2 Å². The predicted molar refractivity (Wildman–Crippen MR) is 173 cm³/mol. The van der Waals surface area contributed by atoms with E-state index in [2.05, 4.69) is 15.1 Å². The van der Waals surface area contributed by atoms with Gasteiger partial charge in [-0.1, -0.05) is 0 Å². The van der Waals surface area contributed by atoms with Gasteiger partial charge in [-0.3, -0.25) is 14.3 Å². The number of aliphatic imine (C=N–C) groups is 1. The van der Waals surface area contributed by atoms with E-state index in [1.165, 1.54) is 12.1 Å². The van der Waals surface area contributed by atoms with E-state index in [9.17, 15) is 28.0 Å². The van der Waals surface area contributed by atoms with Gasteiger partial charge >= 0.3 is 6.18 Å². The van der Waals surface area contributed by atoms with Crippen LogP contribution in [0.2, 0.25) is 0 Å². The summed E-state index contributed by atoms with van der Waals surface area (Å²) in [4.78, 5) is 35.2. The Labute approximate surface area is 285 Å². The minimum Gasteiger partial charge on any atom is -0.383 e. The summed E-state index contributed by atoms with van der Waals surface area (Å²) in [7, 11) is 0. The number of nitrogens with two attached hydrogens (primary N) is 2. The number of amides is 2. The van der Waals surface area contributed by atoms with E-state index < -0.39 is 41.0 Å². The second-order valence-electron chi connectivity index (χ2n) is 14.0. The summed E-state index contributed by atoms with van der Waals surface area (Å²) in [5.74, 6) is -2.17. The Hall–Kier alpha value is -4.84. The van der Waals surface area contributed by atoms with Crippen LogP contribution >= 0.6 is 0 Å². The first-order chi connectivity index (χ1) is 23.7. The second kappa shape index (κ2) is 12.2. The molecule has 2 aliphatic carbocycles. The van der Waals surface area contributed by atoms with Crippen molar-refractivity contribution in [1.82, 2.24) is 14.8 Å². The van der Waals surface area contributed by atoms with E-state index in [0.29, 0.717) is 61.3 Å². The topological polar surface area (TPSA) is 166 Å². The van der Waals surface area contributed by atoms with Crippen LogP contribution in [0.3, 0.4) is 0 Å². The van der Waals surface area contributed by atoms with Crippen LogP contribution in [0.15, 0.2) is 29.3 Å². The summed E-state index contributed by atoms with van der Waals surface area (Å²) in [6, 6.07) is 6.77. The molecule has 15 heteroatoms. The van der Waals surface area contributed by atoms with Crippen LogP contribution in [-0.4, -0.2) is 51.6 Å². The van der Waals surface area contributed by atoms with Gasteiger partial charge in [0.1, 0.15) is 41.1 Å². The molecule has 3 aromatic rings. The monoisotopic (exact) mass is 692 g/mol. The number of nitrogens with zero attached hydrogens (tertiary/aromatic N) is 6. The van der Waals surface area contributed by atoms with Crippen molar-refractivity contribution in [3.63, 3.8) is 0 Å². The third kappa shape index (κ3) is 5.89. The summed E-state index contributed by atoms with van der Waals surface area (Å²) in [6.45, 7) is 4.27. The Bertz CT molecular complexity index is 1970. The molecule has 262 valence electrons. The van der Waals surface area contributed by atoms with Crippen LogP contribution in [0.5, 0.6) is 0 Å². The average molecular weight is 693 g/mol. The van der Waals surface area contributed by atoms with Crippen molar-refractivity contribution in [1.29, 1.82) is 5.26 Å². The molecule has 5 fully saturated rings. The smallest absolute Gasteiger partial charge is 0.383 e. The number of ether oxygens (including phenoxy) is 1. The first-order valence-corrected chi connectivity index (χ1v) is 16.7. The Morgan fingerprint density at radius 1 is 1.18 bits per heavy atom. The highest BCUT2D eigenvalue weighted by Gasteiger charge is 2.55. The molecule has 2 amide bonds. The van der Waals surface area contributed by atoms with Crippen LogP contribution in [0.4, 0.5) is 23.2 Å². The van der Waals surface area contributed by atoms with Gasteiger partial charge < -0.3 is 21.1 Å². The number of hydrogen-bond donors (Lipinski definition) is 2. The van der Waals surface area contributed by atoms with E-state index in [1.54, 1.807) is 17.7 Å². The van der Waals surface area contributed by atoms with Crippen LogP contribution in [0.25, 0.3) is 11.1 Å². The van der Waals surface area contributed by atoms with Gasteiger partial charge in [-0.05, 0) is 88.1 Å². The Balaban J connectivity index is 1.14. The fourth-order valence-electron chi connectivity index (χ4n) is 7.91. The fraction of sp³-hybridized carbons (Fsp3) is 0.486. The molecule has 3 aliphatic heterocycles. The molecule has 4 N–H and O–H groups in total. The minimum atomic E-state index is -4.67. The molecule has 5 heterocycles. The van der Waals surface area contributed by atoms with Crippen molar-refractivity contribution in [2.24, 2.45) is 28.3 Å². The molecule has 50 heavy (non-hydrogen) atoms. The van der Waals surface area contributed by atoms with Crippen molar-refractivity contribution in [3.05, 3.63) is 64.0 Å². The van der Waals surface area contributed by atoms with E-state index >= 15 is 4.39 Å². The molecule has 11 nitrogen and oxygen atoms in total. The third-order valence-corrected chi connectivity index (χ3v) is 10.4. The molecule has 0 radical (unpaired) electrons. The van der Waals surface area contributed by atoms with Gasteiger partial charge in [0.05, 0.1) is 29.4 Å². The van der Waals surface area contributed by atoms with Gasteiger partial charge in [0.15, 0.2) is 0 Å². The van der Waals surface area contributed by atoms with Gasteiger partial charge in [0, 0.05) is 35.5 Å². The number of carbonyl (C=O) groups is 2. The average Bonchev–Trinajstić information content (AvgIpc) is 3.51. The third-order valence-electron chi connectivity index (χ3n) is 10.4. The van der Waals surface area contributed by atoms with E-state index in [1.807, 2.05) is 17.9 Å². The number of aromatic nitrogens is 3. The number of rotatable bonds is 8. The van der Waals surface area contributed by atoms with Crippen molar-refractivity contribution in [2.45, 2.75) is 82.7 Å². The number of halogens is 4. The number of nitriles is 1. The molecule has 2 unspecified atom stereocenters. The minimum absolute atomic E-state index is 0.0458. The first kappa shape index (κ1) is 33.6. The maximum atomic E-state index is 15.6. The maximum absolute atomic E-state index is 15.6. The number of fused-ring (bicyclic) bond motifs is 1. The quantitative estimate of drug-likeness (QED) is 0.193. The molecule has 2 saturated carbocycles. The number of primary amides is 1. The van der Waals surface area contributed by atoms with Gasteiger partial charge in [0.25, 0.3) is 5.91 Å². The molecule has 1 aromatic carbocycles. The van der Waals surface area contributed by atoms with Gasteiger partial charge in [-0.2, -0.15) is 28.5 Å². The van der Waals surface area contributed by atoms with E-state index in [0.717, 1.165) is 24.6 Å². The zero-order valence-electron chi connectivity index (χ0n) is 27.6. The van der Waals surface area contributed by atoms with Crippen molar-refractivity contribution < 1.29 is 31.9 Å². The summed E-state index contributed by atoms with van der Waals surface area (Å²) in [5.41, 5.74) is 12.8. The molecule has 8 rings (SSSR count). The number of aryl methyl sites for hydroxylation is 1. The molecule has 2 aromatic heterocycles. The van der Waals surface area contributed by atoms with Crippen LogP contribution in [0, 0.1) is 35.9 Å². The zero-order valence-corrected chi connectivity index (χ0v) is 27.6. The lowest BCUT2D eigenvalue weighted by Crippen LogP contribution is -2.43. The lowest BCUT2D eigenvalue weighted by atomic mass is 9.71. The van der Waals surface area contributed by atoms with Crippen molar-refractivity contribution in [2.75, 3.05) is 18.1 Å². The Morgan fingerprint density at radius 3 is 2.52 bits per heavy atom. The standard InChI is InChI=1S/C35H36F4N8O3/c1-17-9-21(33(49)44-32(42)23-5-6-27(35(37,38)39)43-31(23)34-12-19(13-34)16-50-34)7-8-46(17)26-11-22(10-25(36)24(26)14-40)29-18(2)45-47(15-28(41)48)30(29)20-3-4-20/h5-6,10-11,17,19-21H,3-4,7-9,12-13,15-16H2,1-2H3,(H2,41,48)(H2,42,44,49). The number of pyridine rings is 1. The molecule has 2 bridgehead atoms. The predicted octanol–water partition coefficient (Wildman–Crippen LogP) is 4.82. The van der Waals surface area contributed by atoms with Crippen LogP contribution in [0.1, 0.15) is 85.3 Å². The van der Waals surface area contributed by atoms with Gasteiger partial charge in [0.2, 0.25) is 5.91 Å². The molecule has 0 spiro atoms. The highest BCUT2D eigenvalue weighted by atomic mass is 19.4. The number of amidine groups is 1. The maximum Gasteiger partial charge on any atom is 0.433 e. The van der Waals surface area contributed by atoms with Crippen molar-refractivity contribution in [3.8, 4) is 17.2 Å². The number of alkyl halides is 3. The fourth-order valence-corrected chi connectivity index (χ4v) is 7.91. The lowest BCUT2D eigenvalue weighted by Gasteiger charge is -2.39. The van der Waals surface area contributed by atoms with Crippen LogP contribution < -0.4 is 16.4 Å². The number of piperidine rings is 1. The summed E-state index contributed by atoms with van der Waals surface area (Å²) < 4.78 is 63.8. The summed E-state index contributed by atoms with van der Waals surface area (Å²) in [6.07, 6.45) is -1.20. The lowest BCUT2D eigenvalue weighted by molar-refractivity contribution is -0.141. The van der Waals surface area contributed by atoms with E-state index in [-0.39, 0.29) is 47.1 Å².